The van der Waals surface area contributed by atoms with Crippen molar-refractivity contribution in [2.75, 3.05) is 18.0 Å². The molecule has 2 heterocycles. The van der Waals surface area contributed by atoms with Crippen LogP contribution in [0.25, 0.3) is 0 Å². The van der Waals surface area contributed by atoms with Gasteiger partial charge in [-0.2, -0.15) is 0 Å². The van der Waals surface area contributed by atoms with Gasteiger partial charge in [-0.15, -0.1) is 11.3 Å². The molecule has 5 heteroatoms. The first-order valence-corrected chi connectivity index (χ1v) is 10.4. The summed E-state index contributed by atoms with van der Waals surface area (Å²) in [6.45, 7) is 13.6. The Labute approximate surface area is 115 Å². The van der Waals surface area contributed by atoms with E-state index < -0.39 is 8.32 Å². The second-order valence-corrected chi connectivity index (χ2v) is 12.2. The van der Waals surface area contributed by atoms with Crippen LogP contribution in [0.1, 0.15) is 27.2 Å². The zero-order valence-electron chi connectivity index (χ0n) is 12.1. The van der Waals surface area contributed by atoms with Crippen molar-refractivity contribution in [3.05, 3.63) is 11.6 Å². The molecule has 0 N–H and O–H groups in total. The van der Waals surface area contributed by atoms with Gasteiger partial charge in [-0.05, 0) is 24.6 Å². The van der Waals surface area contributed by atoms with Crippen molar-refractivity contribution in [3.8, 4) is 0 Å². The van der Waals surface area contributed by atoms with Gasteiger partial charge in [0.1, 0.15) is 0 Å². The molecule has 0 bridgehead atoms. The molecule has 0 aliphatic carbocycles. The van der Waals surface area contributed by atoms with Gasteiger partial charge in [0.2, 0.25) is 0 Å². The van der Waals surface area contributed by atoms with Crippen molar-refractivity contribution >= 4 is 24.8 Å². The molecule has 1 aromatic rings. The molecular weight excluding hydrogens is 260 g/mol. The van der Waals surface area contributed by atoms with Crippen molar-refractivity contribution in [2.24, 2.45) is 0 Å². The van der Waals surface area contributed by atoms with Crippen LogP contribution in [0.5, 0.6) is 0 Å². The number of nitrogens with zero attached hydrogens (tertiary/aromatic N) is 2. The van der Waals surface area contributed by atoms with Gasteiger partial charge in [-0.1, -0.05) is 20.8 Å². The predicted molar refractivity (Wildman–Crippen MR) is 81.0 cm³/mol. The van der Waals surface area contributed by atoms with Crippen molar-refractivity contribution in [3.63, 3.8) is 0 Å². The Morgan fingerprint density at radius 1 is 1.44 bits per heavy atom. The van der Waals surface area contributed by atoms with E-state index in [4.69, 9.17) is 4.43 Å². The van der Waals surface area contributed by atoms with Gasteiger partial charge in [-0.25, -0.2) is 4.98 Å². The van der Waals surface area contributed by atoms with E-state index in [1.807, 2.05) is 11.6 Å². The minimum Gasteiger partial charge on any atom is -0.412 e. The van der Waals surface area contributed by atoms with Crippen LogP contribution < -0.4 is 4.90 Å². The van der Waals surface area contributed by atoms with E-state index in [-0.39, 0.29) is 0 Å². The molecule has 0 saturated carbocycles. The standard InChI is InChI=1S/C13H24N2OSSi/c1-13(2,3)18(4,5)16-11-6-8-15(10-11)12-14-7-9-17-12/h7,9,11H,6,8,10H2,1-5H3. The third kappa shape index (κ3) is 2.95. The molecule has 1 aromatic heterocycles. The first-order valence-electron chi connectivity index (χ1n) is 6.62. The number of hydrogen-bond donors (Lipinski definition) is 0. The first kappa shape index (κ1) is 14.0. The maximum atomic E-state index is 6.47. The average Bonchev–Trinajstić information content (AvgIpc) is 2.83. The van der Waals surface area contributed by atoms with Crippen molar-refractivity contribution < 1.29 is 4.43 Å². The Kier molecular flexibility index (Phi) is 3.85. The van der Waals surface area contributed by atoms with Crippen LogP contribution in [0.3, 0.4) is 0 Å². The van der Waals surface area contributed by atoms with E-state index in [9.17, 15) is 0 Å². The summed E-state index contributed by atoms with van der Waals surface area (Å²) < 4.78 is 6.47. The Morgan fingerprint density at radius 2 is 2.17 bits per heavy atom. The highest BCUT2D eigenvalue weighted by Gasteiger charge is 2.40. The van der Waals surface area contributed by atoms with E-state index in [1.165, 1.54) is 0 Å². The van der Waals surface area contributed by atoms with Crippen molar-refractivity contribution in [1.82, 2.24) is 4.98 Å². The van der Waals surface area contributed by atoms with Crippen LogP contribution in [0.15, 0.2) is 11.6 Å². The predicted octanol–water partition coefficient (Wildman–Crippen LogP) is 3.74. The van der Waals surface area contributed by atoms with Gasteiger partial charge < -0.3 is 9.33 Å². The quantitative estimate of drug-likeness (QED) is 0.791. The lowest BCUT2D eigenvalue weighted by atomic mass is 10.2. The molecular formula is C13H24N2OSSi. The molecule has 102 valence electrons. The van der Waals surface area contributed by atoms with E-state index in [0.29, 0.717) is 11.1 Å². The lowest BCUT2D eigenvalue weighted by Gasteiger charge is -2.38. The number of thiazole rings is 1. The van der Waals surface area contributed by atoms with Crippen molar-refractivity contribution in [1.29, 1.82) is 0 Å². The summed E-state index contributed by atoms with van der Waals surface area (Å²) in [4.78, 5) is 6.73. The summed E-state index contributed by atoms with van der Waals surface area (Å²) in [6, 6.07) is 0. The monoisotopic (exact) mass is 284 g/mol. The van der Waals surface area contributed by atoms with Gasteiger partial charge in [0.25, 0.3) is 0 Å². The third-order valence-corrected chi connectivity index (χ3v) is 9.47. The molecule has 0 spiro atoms. The van der Waals surface area contributed by atoms with Crippen LogP contribution in [-0.4, -0.2) is 32.5 Å². The Morgan fingerprint density at radius 3 is 2.72 bits per heavy atom. The fourth-order valence-corrected chi connectivity index (χ4v) is 4.02. The van der Waals surface area contributed by atoms with Crippen LogP contribution in [0, 0.1) is 0 Å². The second kappa shape index (κ2) is 4.94. The third-order valence-electron chi connectivity index (χ3n) is 4.10. The topological polar surface area (TPSA) is 25.4 Å². The smallest absolute Gasteiger partial charge is 0.192 e. The summed E-state index contributed by atoms with van der Waals surface area (Å²) in [5, 5.41) is 3.47. The molecule has 1 unspecified atom stereocenters. The molecule has 3 nitrogen and oxygen atoms in total. The second-order valence-electron chi connectivity index (χ2n) is 6.55. The maximum Gasteiger partial charge on any atom is 0.192 e. The minimum atomic E-state index is -1.63. The highest BCUT2D eigenvalue weighted by Crippen LogP contribution is 2.38. The summed E-state index contributed by atoms with van der Waals surface area (Å²) in [7, 11) is -1.63. The normalized spacial score (nSPS) is 21.6. The Bertz CT molecular complexity index is 386. The summed E-state index contributed by atoms with van der Waals surface area (Å²) in [5.74, 6) is 0. The van der Waals surface area contributed by atoms with E-state index >= 15 is 0 Å². The lowest BCUT2D eigenvalue weighted by molar-refractivity contribution is 0.202. The molecule has 1 aliphatic rings. The van der Waals surface area contributed by atoms with Gasteiger partial charge in [0.15, 0.2) is 13.4 Å². The number of rotatable bonds is 3. The number of anilines is 1. The van der Waals surface area contributed by atoms with E-state index in [1.54, 1.807) is 11.3 Å². The summed E-state index contributed by atoms with van der Waals surface area (Å²) in [5.41, 5.74) is 0. The molecule has 1 atom stereocenters. The molecule has 0 radical (unpaired) electrons. The van der Waals surface area contributed by atoms with E-state index in [2.05, 4.69) is 43.7 Å². The number of hydrogen-bond acceptors (Lipinski definition) is 4. The summed E-state index contributed by atoms with van der Waals surface area (Å²) in [6.07, 6.45) is 3.39. The highest BCUT2D eigenvalue weighted by molar-refractivity contribution is 7.13. The number of aromatic nitrogens is 1. The lowest BCUT2D eigenvalue weighted by Crippen LogP contribution is -2.44. The van der Waals surface area contributed by atoms with Crippen LogP contribution >= 0.6 is 11.3 Å². The Balaban J connectivity index is 1.94. The van der Waals surface area contributed by atoms with Gasteiger partial charge in [-0.3, -0.25) is 0 Å². The fourth-order valence-electron chi connectivity index (χ4n) is 1.96. The average molecular weight is 285 g/mol. The van der Waals surface area contributed by atoms with Gasteiger partial charge in [0, 0.05) is 24.7 Å². The maximum absolute atomic E-state index is 6.47. The largest absolute Gasteiger partial charge is 0.412 e. The molecule has 0 amide bonds. The Hall–Kier alpha value is -0.393. The minimum absolute atomic E-state index is 0.293. The molecule has 18 heavy (non-hydrogen) atoms. The van der Waals surface area contributed by atoms with Gasteiger partial charge >= 0.3 is 0 Å². The molecule has 1 aliphatic heterocycles. The van der Waals surface area contributed by atoms with E-state index in [0.717, 1.165) is 24.6 Å². The molecule has 0 aromatic carbocycles. The van der Waals surface area contributed by atoms with Crippen LogP contribution in [-0.2, 0) is 4.43 Å². The first-order chi connectivity index (χ1) is 8.29. The van der Waals surface area contributed by atoms with Gasteiger partial charge in [0.05, 0.1) is 6.10 Å². The summed E-state index contributed by atoms with van der Waals surface area (Å²) >= 11 is 1.72. The SMILES string of the molecule is CC(C)(C)[Si](C)(C)OC1CCN(c2nccs2)C1. The molecule has 1 fully saturated rings. The van der Waals surface area contributed by atoms with Crippen molar-refractivity contribution in [2.45, 2.75) is 51.4 Å². The molecule has 2 rings (SSSR count). The zero-order chi connectivity index (χ0) is 13.4. The molecule has 1 saturated heterocycles. The fraction of sp³-hybridized carbons (Fsp3) is 0.769. The highest BCUT2D eigenvalue weighted by atomic mass is 32.1. The van der Waals surface area contributed by atoms with Crippen LogP contribution in [0.4, 0.5) is 5.13 Å². The zero-order valence-corrected chi connectivity index (χ0v) is 13.9. The van der Waals surface area contributed by atoms with Crippen LogP contribution in [0.2, 0.25) is 18.1 Å².